The fourth-order valence-corrected chi connectivity index (χ4v) is 6.47. The molecule has 40 heavy (non-hydrogen) atoms. The number of piperazine rings is 1. The van der Waals surface area contributed by atoms with E-state index in [1.807, 2.05) is 0 Å². The Morgan fingerprint density at radius 2 is 1.93 bits per heavy atom. The summed E-state index contributed by atoms with van der Waals surface area (Å²) in [5, 5.41) is 10.3. The third-order valence-corrected chi connectivity index (χ3v) is 8.33. The summed E-state index contributed by atoms with van der Waals surface area (Å²) in [6, 6.07) is 5.89. The highest BCUT2D eigenvalue weighted by molar-refractivity contribution is 7.99. The molecule has 2 aliphatic heterocycles. The van der Waals surface area contributed by atoms with E-state index in [2.05, 4.69) is 11.6 Å². The van der Waals surface area contributed by atoms with Crippen LogP contribution in [0.25, 0.3) is 22.0 Å². The molecule has 1 saturated heterocycles. The van der Waals surface area contributed by atoms with Crippen LogP contribution in [0.4, 0.5) is 23.4 Å². The second kappa shape index (κ2) is 11.5. The van der Waals surface area contributed by atoms with Crippen LogP contribution in [0.5, 0.6) is 0 Å². The monoisotopic (exact) mass is 579 g/mol. The van der Waals surface area contributed by atoms with Crippen LogP contribution in [0.1, 0.15) is 5.56 Å². The molecule has 13 heteroatoms. The van der Waals surface area contributed by atoms with Crippen LogP contribution in [-0.4, -0.2) is 77.0 Å². The van der Waals surface area contributed by atoms with Gasteiger partial charge in [-0.3, -0.25) is 9.47 Å². The topological polar surface area (TPSA) is 96.8 Å². The number of alkyl halides is 3. The van der Waals surface area contributed by atoms with E-state index in [0.29, 0.717) is 31.7 Å². The lowest BCUT2D eigenvalue weighted by Gasteiger charge is -2.37. The Morgan fingerprint density at radius 1 is 1.23 bits per heavy atom. The summed E-state index contributed by atoms with van der Waals surface area (Å²) in [4.78, 5) is 21.6. The first-order valence-electron chi connectivity index (χ1n) is 12.8. The van der Waals surface area contributed by atoms with Gasteiger partial charge in [-0.1, -0.05) is 18.7 Å². The molecule has 0 radical (unpaired) electrons. The number of benzene rings is 2. The average Bonchev–Trinajstić information content (AvgIpc) is 3.14. The maximum absolute atomic E-state index is 14.7. The summed E-state index contributed by atoms with van der Waals surface area (Å²) in [6.07, 6.45) is -4.69. The number of aromatic nitrogens is 2. The van der Waals surface area contributed by atoms with Gasteiger partial charge in [-0.2, -0.15) is 18.2 Å². The summed E-state index contributed by atoms with van der Waals surface area (Å²) >= 11 is 1.17. The number of aliphatic hydroxyl groups is 1. The van der Waals surface area contributed by atoms with Crippen molar-refractivity contribution >= 4 is 28.5 Å². The third kappa shape index (κ3) is 5.48. The molecular weight excluding hydrogens is 550 g/mol. The molecule has 2 unspecified atom stereocenters. The number of hydrogen-bond donors (Lipinski definition) is 2. The average molecular weight is 580 g/mol. The lowest BCUT2D eigenvalue weighted by Crippen LogP contribution is -2.50. The maximum Gasteiger partial charge on any atom is 0.417 e. The number of halogens is 4. The molecule has 3 aromatic rings. The number of ether oxygens (including phenoxy) is 1. The van der Waals surface area contributed by atoms with E-state index in [9.17, 15) is 27.5 Å². The van der Waals surface area contributed by atoms with E-state index in [0.717, 1.165) is 18.2 Å². The van der Waals surface area contributed by atoms with E-state index in [1.165, 1.54) is 34.5 Å². The molecule has 3 N–H and O–H groups in total. The highest BCUT2D eigenvalue weighted by atomic mass is 32.2. The van der Waals surface area contributed by atoms with E-state index < -0.39 is 35.6 Å². The predicted octanol–water partition coefficient (Wildman–Crippen LogP) is 3.30. The molecule has 3 heterocycles. The van der Waals surface area contributed by atoms with Gasteiger partial charge in [0.15, 0.2) is 0 Å². The minimum Gasteiger partial charge on any atom is -0.375 e. The first-order chi connectivity index (χ1) is 19.1. The Hall–Kier alpha value is -2.97. The van der Waals surface area contributed by atoms with Gasteiger partial charge >= 0.3 is 11.9 Å². The zero-order valence-electron chi connectivity index (χ0n) is 21.5. The molecule has 0 bridgehead atoms. The van der Waals surface area contributed by atoms with Crippen LogP contribution in [0, 0.1) is 5.82 Å². The molecule has 214 valence electrons. The first-order valence-corrected chi connectivity index (χ1v) is 13.8. The van der Waals surface area contributed by atoms with Gasteiger partial charge in [-0.15, -0.1) is 11.8 Å². The summed E-state index contributed by atoms with van der Waals surface area (Å²) < 4.78 is 65.0. The van der Waals surface area contributed by atoms with Crippen LogP contribution in [0.2, 0.25) is 0 Å². The highest BCUT2D eigenvalue weighted by Gasteiger charge is 2.38. The quantitative estimate of drug-likeness (QED) is 0.325. The Bertz CT molecular complexity index is 1460. The van der Waals surface area contributed by atoms with Crippen molar-refractivity contribution < 1.29 is 27.4 Å². The molecule has 2 atom stereocenters. The normalized spacial score (nSPS) is 19.1. The number of nitrogens with two attached hydrogens (primary N) is 1. The molecule has 1 aromatic heterocycles. The zero-order valence-corrected chi connectivity index (χ0v) is 22.3. The third-order valence-electron chi connectivity index (χ3n) is 7.11. The molecule has 0 saturated carbocycles. The maximum atomic E-state index is 14.7. The number of hydrogen-bond acceptors (Lipinski definition) is 8. The summed E-state index contributed by atoms with van der Waals surface area (Å²) in [6.45, 7) is 5.64. The van der Waals surface area contributed by atoms with E-state index in [1.54, 1.807) is 9.80 Å². The predicted molar refractivity (Wildman–Crippen MR) is 146 cm³/mol. The second-order valence-corrected chi connectivity index (χ2v) is 10.7. The zero-order chi connectivity index (χ0) is 28.6. The van der Waals surface area contributed by atoms with Crippen LogP contribution < -0.4 is 16.3 Å². The number of anilines is 1. The smallest absolute Gasteiger partial charge is 0.375 e. The van der Waals surface area contributed by atoms with Crippen molar-refractivity contribution in [3.63, 3.8) is 0 Å². The van der Waals surface area contributed by atoms with E-state index in [-0.39, 0.29) is 52.7 Å². The molecule has 2 aliphatic rings. The minimum atomic E-state index is -4.75. The van der Waals surface area contributed by atoms with Crippen molar-refractivity contribution in [2.24, 2.45) is 5.73 Å². The highest BCUT2D eigenvalue weighted by Crippen LogP contribution is 2.48. The van der Waals surface area contributed by atoms with Crippen molar-refractivity contribution in [2.75, 3.05) is 50.0 Å². The van der Waals surface area contributed by atoms with Gasteiger partial charge in [0.05, 0.1) is 30.3 Å². The van der Waals surface area contributed by atoms with Gasteiger partial charge < -0.3 is 20.5 Å². The minimum absolute atomic E-state index is 0.0934. The lowest BCUT2D eigenvalue weighted by atomic mass is 9.96. The molecule has 2 aromatic carbocycles. The van der Waals surface area contributed by atoms with Crippen molar-refractivity contribution in [2.45, 2.75) is 29.9 Å². The lowest BCUT2D eigenvalue weighted by molar-refractivity contribution is -0.137. The fraction of sp³-hybridized carbons (Fsp3) is 0.407. The van der Waals surface area contributed by atoms with E-state index in [4.69, 9.17) is 10.5 Å². The number of rotatable bonds is 7. The largest absolute Gasteiger partial charge is 0.417 e. The van der Waals surface area contributed by atoms with Gasteiger partial charge in [0.25, 0.3) is 0 Å². The van der Waals surface area contributed by atoms with Gasteiger partial charge in [-0.25, -0.2) is 9.18 Å². The van der Waals surface area contributed by atoms with Gasteiger partial charge in [0.1, 0.15) is 17.9 Å². The van der Waals surface area contributed by atoms with Crippen LogP contribution in [-0.2, 0) is 17.5 Å². The van der Waals surface area contributed by atoms with Gasteiger partial charge in [0, 0.05) is 54.3 Å². The molecule has 0 aliphatic carbocycles. The number of aliphatic hydroxyl groups excluding tert-OH is 1. The van der Waals surface area contributed by atoms with Crippen LogP contribution in [0.3, 0.4) is 0 Å². The number of nitrogens with zero attached hydrogens (tertiary/aromatic N) is 4. The van der Waals surface area contributed by atoms with Crippen molar-refractivity contribution in [3.05, 3.63) is 64.9 Å². The SMILES string of the molecule is C=CC(O)N1CCN(c2nc(=O)n3c4c(c(-c5ccc(F)cc5)c(C(F)(F)F)cc24)SCC(OCCN)C3)CC1. The Balaban J connectivity index is 1.75. The van der Waals surface area contributed by atoms with Crippen LogP contribution >= 0.6 is 11.8 Å². The molecule has 5 rings (SSSR count). The van der Waals surface area contributed by atoms with E-state index >= 15 is 0 Å². The Kier molecular flexibility index (Phi) is 8.20. The standard InChI is InChI=1S/C27H29F4N5O3S/c1-2-21(37)34-8-10-35(11-9-34)25-19-13-20(27(29,30)31)22(16-3-5-17(28)6-4-16)24-23(19)36(26(38)33-25)14-18(15-40-24)39-12-7-32/h2-6,13,18,21,37H,1,7-12,14-15,32H2. The summed E-state index contributed by atoms with van der Waals surface area (Å²) in [7, 11) is 0. The van der Waals surface area contributed by atoms with Gasteiger partial charge in [-0.05, 0) is 29.8 Å². The number of thioether (sulfide) groups is 1. The Labute approximate surface area is 232 Å². The van der Waals surface area contributed by atoms with Crippen molar-refractivity contribution in [1.29, 1.82) is 0 Å². The molecule has 1 fully saturated rings. The molecular formula is C27H29F4N5O3S. The van der Waals surface area contributed by atoms with Crippen LogP contribution in [0.15, 0.2) is 52.7 Å². The molecule has 0 spiro atoms. The van der Waals surface area contributed by atoms with Crippen molar-refractivity contribution in [1.82, 2.24) is 14.5 Å². The fourth-order valence-electron chi connectivity index (χ4n) is 5.19. The first kappa shape index (κ1) is 28.6. The summed E-state index contributed by atoms with van der Waals surface area (Å²) in [5.74, 6) is -0.140. The Morgan fingerprint density at radius 3 is 2.55 bits per heavy atom. The van der Waals surface area contributed by atoms with Crippen molar-refractivity contribution in [3.8, 4) is 11.1 Å². The molecule has 8 nitrogen and oxygen atoms in total. The molecule has 0 amide bonds. The second-order valence-electron chi connectivity index (χ2n) is 9.62. The summed E-state index contributed by atoms with van der Waals surface area (Å²) in [5.41, 5.74) is 4.49. The van der Waals surface area contributed by atoms with Gasteiger partial charge in [0.2, 0.25) is 0 Å².